The van der Waals surface area contributed by atoms with Gasteiger partial charge in [0.05, 0.1) is 16.9 Å². The molecule has 186 valence electrons. The number of thiophene rings is 1. The van der Waals surface area contributed by atoms with Crippen LogP contribution in [0.5, 0.6) is 0 Å². The quantitative estimate of drug-likeness (QED) is 0.359. The number of hydrogen-bond acceptors (Lipinski definition) is 5. The molecule has 35 heavy (non-hydrogen) atoms. The number of fused-ring (bicyclic) bond motifs is 1. The minimum absolute atomic E-state index is 0.0527. The lowest BCUT2D eigenvalue weighted by Crippen LogP contribution is -2.42. The molecule has 0 spiro atoms. The van der Waals surface area contributed by atoms with Crippen molar-refractivity contribution in [2.45, 2.75) is 82.7 Å². The Bertz CT molecular complexity index is 1160. The number of imidazole rings is 1. The van der Waals surface area contributed by atoms with E-state index in [4.69, 9.17) is 4.98 Å². The van der Waals surface area contributed by atoms with Crippen molar-refractivity contribution in [1.29, 1.82) is 0 Å². The van der Waals surface area contributed by atoms with Crippen LogP contribution < -0.4 is 10.6 Å². The van der Waals surface area contributed by atoms with Gasteiger partial charge < -0.3 is 15.7 Å². The first-order valence-electron chi connectivity index (χ1n) is 12.9. The average Bonchev–Trinajstić information content (AvgIpc) is 3.53. The van der Waals surface area contributed by atoms with Crippen molar-refractivity contribution in [1.82, 2.24) is 14.7 Å². The van der Waals surface area contributed by atoms with Crippen LogP contribution >= 0.6 is 11.3 Å². The lowest BCUT2D eigenvalue weighted by atomic mass is 9.82. The first-order valence-corrected chi connectivity index (χ1v) is 13.8. The summed E-state index contributed by atoms with van der Waals surface area (Å²) in [4.78, 5) is 31.1. The van der Waals surface area contributed by atoms with E-state index in [1.165, 1.54) is 25.7 Å². The Morgan fingerprint density at radius 3 is 2.49 bits per heavy atom. The van der Waals surface area contributed by atoms with Gasteiger partial charge in [0.25, 0.3) is 5.91 Å². The first kappa shape index (κ1) is 23.9. The Morgan fingerprint density at radius 1 is 1.06 bits per heavy atom. The molecule has 0 saturated heterocycles. The molecule has 1 unspecified atom stereocenters. The number of aliphatic carboxylic acids is 1. The summed E-state index contributed by atoms with van der Waals surface area (Å²) in [6, 6.07) is 7.77. The van der Waals surface area contributed by atoms with Crippen LogP contribution in [0.3, 0.4) is 0 Å². The molecule has 5 rings (SSSR count). The van der Waals surface area contributed by atoms with Crippen LogP contribution in [0.4, 0.5) is 5.82 Å². The topological polar surface area (TPSA) is 95.7 Å². The largest absolute Gasteiger partial charge is 0.481 e. The third kappa shape index (κ3) is 5.37. The summed E-state index contributed by atoms with van der Waals surface area (Å²) in [5.74, 6) is 0.00469. The third-order valence-corrected chi connectivity index (χ3v) is 8.40. The summed E-state index contributed by atoms with van der Waals surface area (Å²) < 4.78 is 1.99. The van der Waals surface area contributed by atoms with Crippen molar-refractivity contribution in [3.63, 3.8) is 0 Å². The predicted molar refractivity (Wildman–Crippen MR) is 139 cm³/mol. The number of aromatic nitrogens is 2. The number of carboxylic acid groups (broad SMARTS) is 1. The highest BCUT2D eigenvalue weighted by molar-refractivity contribution is 7.13. The van der Waals surface area contributed by atoms with Crippen molar-refractivity contribution >= 4 is 34.7 Å². The fourth-order valence-electron chi connectivity index (χ4n) is 5.71. The van der Waals surface area contributed by atoms with E-state index in [0.29, 0.717) is 17.3 Å². The molecular weight excluding hydrogens is 460 g/mol. The van der Waals surface area contributed by atoms with E-state index >= 15 is 0 Å². The minimum atomic E-state index is -0.876. The zero-order valence-corrected chi connectivity index (χ0v) is 20.9. The summed E-state index contributed by atoms with van der Waals surface area (Å²) in [5, 5.41) is 18.4. The second-order valence-corrected chi connectivity index (χ2v) is 10.9. The number of carboxylic acids is 1. The second-order valence-electron chi connectivity index (χ2n) is 9.96. The number of hydrogen-bond donors (Lipinski definition) is 3. The molecule has 0 aromatic carbocycles. The van der Waals surface area contributed by atoms with E-state index in [-0.39, 0.29) is 24.3 Å². The Kier molecular flexibility index (Phi) is 7.37. The summed E-state index contributed by atoms with van der Waals surface area (Å²) in [5.41, 5.74) is 1.94. The van der Waals surface area contributed by atoms with Crippen molar-refractivity contribution in [2.75, 3.05) is 5.32 Å². The number of anilines is 1. The normalized spacial score (nSPS) is 18.4. The number of nitrogens with zero attached hydrogens (tertiary/aromatic N) is 2. The molecule has 3 aromatic heterocycles. The van der Waals surface area contributed by atoms with Crippen molar-refractivity contribution < 1.29 is 14.7 Å². The van der Waals surface area contributed by atoms with Gasteiger partial charge in [0.15, 0.2) is 5.65 Å². The molecule has 2 aliphatic rings. The van der Waals surface area contributed by atoms with Gasteiger partial charge in [-0.05, 0) is 55.2 Å². The fraction of sp³-hybridized carbons (Fsp3) is 0.519. The van der Waals surface area contributed by atoms with Gasteiger partial charge in [-0.3, -0.25) is 14.0 Å². The van der Waals surface area contributed by atoms with Gasteiger partial charge >= 0.3 is 5.97 Å². The molecule has 2 aliphatic carbocycles. The van der Waals surface area contributed by atoms with E-state index in [0.717, 1.165) is 54.9 Å². The number of amides is 1. The van der Waals surface area contributed by atoms with Gasteiger partial charge in [0.1, 0.15) is 11.5 Å². The van der Waals surface area contributed by atoms with Crippen LogP contribution in [0, 0.1) is 5.92 Å². The molecule has 7 nitrogen and oxygen atoms in total. The molecule has 0 aliphatic heterocycles. The predicted octanol–water partition coefficient (Wildman–Crippen LogP) is 5.96. The maximum atomic E-state index is 13.5. The summed E-state index contributed by atoms with van der Waals surface area (Å²) in [6.45, 7) is 0. The van der Waals surface area contributed by atoms with Gasteiger partial charge in [0.2, 0.25) is 0 Å². The van der Waals surface area contributed by atoms with Gasteiger partial charge in [-0.25, -0.2) is 4.98 Å². The zero-order valence-electron chi connectivity index (χ0n) is 20.0. The highest BCUT2D eigenvalue weighted by atomic mass is 32.1. The fourth-order valence-corrected chi connectivity index (χ4v) is 6.43. The van der Waals surface area contributed by atoms with Crippen LogP contribution in [0.25, 0.3) is 16.2 Å². The molecule has 0 bridgehead atoms. The van der Waals surface area contributed by atoms with Crippen LogP contribution in [-0.2, 0) is 4.79 Å². The van der Waals surface area contributed by atoms with Crippen LogP contribution in [0.2, 0.25) is 0 Å². The molecule has 8 heteroatoms. The van der Waals surface area contributed by atoms with Crippen LogP contribution in [-0.4, -0.2) is 38.5 Å². The van der Waals surface area contributed by atoms with Gasteiger partial charge in [-0.1, -0.05) is 44.6 Å². The molecule has 3 N–H and O–H groups in total. The van der Waals surface area contributed by atoms with Crippen molar-refractivity contribution in [3.05, 3.63) is 41.4 Å². The first-order chi connectivity index (χ1) is 17.1. The zero-order chi connectivity index (χ0) is 24.2. The van der Waals surface area contributed by atoms with Gasteiger partial charge in [0, 0.05) is 18.3 Å². The van der Waals surface area contributed by atoms with Crippen LogP contribution in [0.1, 0.15) is 81.0 Å². The lowest BCUT2D eigenvalue weighted by molar-refractivity contribution is -0.137. The molecule has 0 radical (unpaired) electrons. The second kappa shape index (κ2) is 10.8. The average molecular weight is 495 g/mol. The Balaban J connectivity index is 1.48. The molecule has 3 heterocycles. The summed E-state index contributed by atoms with van der Waals surface area (Å²) in [7, 11) is 0. The van der Waals surface area contributed by atoms with E-state index in [1.807, 2.05) is 28.1 Å². The van der Waals surface area contributed by atoms with Crippen molar-refractivity contribution in [2.24, 2.45) is 5.92 Å². The lowest BCUT2D eigenvalue weighted by Gasteiger charge is -2.30. The smallest absolute Gasteiger partial charge is 0.305 e. The monoisotopic (exact) mass is 494 g/mol. The standard InChI is InChI=1S/C27H34N4O3S/c32-23(33)17-21(18-9-3-1-4-10-18)29-27(34)20-13-7-15-31-25(20)30-24(22-14-8-16-35-22)26(31)28-19-11-5-2-6-12-19/h7-8,13-16,18-19,21,28H,1-6,9-12,17H2,(H,29,34)(H,32,33). The van der Waals surface area contributed by atoms with E-state index in [9.17, 15) is 14.7 Å². The van der Waals surface area contributed by atoms with Gasteiger partial charge in [-0.15, -0.1) is 11.3 Å². The maximum absolute atomic E-state index is 13.5. The highest BCUT2D eigenvalue weighted by Crippen LogP contribution is 2.35. The van der Waals surface area contributed by atoms with E-state index in [1.54, 1.807) is 17.4 Å². The number of carbonyl (C=O) groups is 2. The maximum Gasteiger partial charge on any atom is 0.305 e. The summed E-state index contributed by atoms with van der Waals surface area (Å²) >= 11 is 1.64. The Hall–Kier alpha value is -2.87. The summed E-state index contributed by atoms with van der Waals surface area (Å²) in [6.07, 6.45) is 13.2. The van der Waals surface area contributed by atoms with Crippen molar-refractivity contribution in [3.8, 4) is 10.6 Å². The molecular formula is C27H34N4O3S. The van der Waals surface area contributed by atoms with E-state index in [2.05, 4.69) is 16.7 Å². The number of pyridine rings is 1. The Morgan fingerprint density at radius 2 is 1.80 bits per heavy atom. The van der Waals surface area contributed by atoms with Crippen LogP contribution in [0.15, 0.2) is 35.8 Å². The van der Waals surface area contributed by atoms with Gasteiger partial charge in [-0.2, -0.15) is 0 Å². The molecule has 3 aromatic rings. The highest BCUT2D eigenvalue weighted by Gasteiger charge is 2.29. The third-order valence-electron chi connectivity index (χ3n) is 7.53. The van der Waals surface area contributed by atoms with E-state index < -0.39 is 5.97 Å². The number of nitrogens with one attached hydrogen (secondary N) is 2. The molecule has 1 atom stereocenters. The Labute approximate surface area is 210 Å². The number of carbonyl (C=O) groups excluding carboxylic acids is 1. The molecule has 1 amide bonds. The minimum Gasteiger partial charge on any atom is -0.481 e. The SMILES string of the molecule is O=C(O)CC(NC(=O)c1cccn2c(NC3CCCCC3)c(-c3cccs3)nc12)C1CCCCC1. The number of rotatable bonds is 8. The molecule has 2 fully saturated rings. The molecule has 2 saturated carbocycles.